The molecule has 2 saturated heterocycles. The molecule has 0 saturated carbocycles. The second-order valence-corrected chi connectivity index (χ2v) is 2.49. The Balaban J connectivity index is 0.000000500. The molecule has 58 valence electrons. The van der Waals surface area contributed by atoms with Gasteiger partial charge in [0.25, 0.3) is 0 Å². The van der Waals surface area contributed by atoms with Crippen molar-refractivity contribution in [1.82, 2.24) is 16.0 Å². The molecule has 2 fully saturated rings. The minimum atomic E-state index is -0.0218. The van der Waals surface area contributed by atoms with Crippen LogP contribution >= 0.6 is 12.4 Å². The zero-order valence-electron chi connectivity index (χ0n) is 5.39. The summed E-state index contributed by atoms with van der Waals surface area (Å²) in [5.41, 5.74) is 0. The second-order valence-electron chi connectivity index (χ2n) is 2.49. The van der Waals surface area contributed by atoms with Crippen LogP contribution in [0.2, 0.25) is 0 Å². The Hall–Kier alpha value is -0.480. The molecule has 10 heavy (non-hydrogen) atoms. The van der Waals surface area contributed by atoms with Crippen molar-refractivity contribution in [2.24, 2.45) is 0 Å². The summed E-state index contributed by atoms with van der Waals surface area (Å²) in [5, 5.41) is 8.77. The highest BCUT2D eigenvalue weighted by molar-refractivity contribution is 5.85. The topological polar surface area (TPSA) is 53.2 Å². The van der Waals surface area contributed by atoms with E-state index < -0.39 is 0 Å². The maximum atomic E-state index is 10.6. The van der Waals surface area contributed by atoms with Gasteiger partial charge in [-0.3, -0.25) is 0 Å². The molecule has 0 aromatic carbocycles. The van der Waals surface area contributed by atoms with Crippen LogP contribution in [-0.2, 0) is 0 Å². The van der Waals surface area contributed by atoms with Gasteiger partial charge < -0.3 is 16.0 Å². The lowest BCUT2D eigenvalue weighted by atomic mass is 10.2. The predicted octanol–water partition coefficient (Wildman–Crippen LogP) is -0.939. The molecule has 2 rings (SSSR count). The van der Waals surface area contributed by atoms with Gasteiger partial charge in [0.05, 0.1) is 12.1 Å². The van der Waals surface area contributed by atoms with Crippen LogP contribution < -0.4 is 16.0 Å². The number of halogens is 1. The molecule has 0 aliphatic carbocycles. The summed E-state index contributed by atoms with van der Waals surface area (Å²) in [6, 6.07) is 0.640. The van der Waals surface area contributed by atoms with E-state index in [1.54, 1.807) is 0 Å². The summed E-state index contributed by atoms with van der Waals surface area (Å²) in [7, 11) is 0. The van der Waals surface area contributed by atoms with E-state index in [0.29, 0.717) is 12.1 Å². The molecule has 0 spiro atoms. The molecule has 5 heteroatoms. The second kappa shape index (κ2) is 2.64. The van der Waals surface area contributed by atoms with Crippen LogP contribution in [0.3, 0.4) is 0 Å². The lowest BCUT2D eigenvalue weighted by Crippen LogP contribution is -2.31. The first-order chi connectivity index (χ1) is 4.36. The van der Waals surface area contributed by atoms with Crippen LogP contribution in [0.25, 0.3) is 0 Å². The lowest BCUT2D eigenvalue weighted by molar-refractivity contribution is 0.246. The molecule has 0 bridgehead atoms. The van der Waals surface area contributed by atoms with Crippen LogP contribution in [0.15, 0.2) is 0 Å². The normalized spacial score (nSPS) is 35.8. The third-order valence-electron chi connectivity index (χ3n) is 1.85. The van der Waals surface area contributed by atoms with Crippen LogP contribution in [0.4, 0.5) is 4.79 Å². The molecule has 2 aliphatic rings. The number of fused-ring (bicyclic) bond motifs is 1. The molecule has 3 N–H and O–H groups in total. The number of carbonyl (C=O) groups is 1. The largest absolute Gasteiger partial charge is 0.332 e. The lowest BCUT2D eigenvalue weighted by Gasteiger charge is -2.02. The molecule has 0 aromatic heterocycles. The minimum absolute atomic E-state index is 0. The Kier molecular flexibility index (Phi) is 2.01. The SMILES string of the molecule is Cl.O=C1N[C@H]2CNC[C@H]2N1. The average Bonchev–Trinajstić information content (AvgIpc) is 2.22. The quantitative estimate of drug-likeness (QED) is 0.432. The van der Waals surface area contributed by atoms with Crippen LogP contribution in [0.1, 0.15) is 0 Å². The zero-order valence-corrected chi connectivity index (χ0v) is 6.20. The Labute approximate surface area is 65.2 Å². The Morgan fingerprint density at radius 1 is 1.20 bits per heavy atom. The summed E-state index contributed by atoms with van der Waals surface area (Å²) >= 11 is 0. The van der Waals surface area contributed by atoms with E-state index in [1.807, 2.05) is 0 Å². The van der Waals surface area contributed by atoms with Gasteiger partial charge >= 0.3 is 6.03 Å². The fourth-order valence-corrected chi connectivity index (χ4v) is 1.36. The van der Waals surface area contributed by atoms with E-state index in [9.17, 15) is 4.79 Å². The van der Waals surface area contributed by atoms with Gasteiger partial charge in [-0.2, -0.15) is 0 Å². The monoisotopic (exact) mass is 163 g/mol. The van der Waals surface area contributed by atoms with Crippen LogP contribution in [-0.4, -0.2) is 31.2 Å². The van der Waals surface area contributed by atoms with Crippen molar-refractivity contribution >= 4 is 18.4 Å². The Bertz CT molecular complexity index is 138. The highest BCUT2D eigenvalue weighted by Crippen LogP contribution is 2.04. The van der Waals surface area contributed by atoms with Crippen molar-refractivity contribution in [3.8, 4) is 0 Å². The first kappa shape index (κ1) is 7.63. The fraction of sp³-hybridized carbons (Fsp3) is 0.800. The maximum Gasteiger partial charge on any atom is 0.315 e. The number of rotatable bonds is 0. The summed E-state index contributed by atoms with van der Waals surface area (Å²) in [6.45, 7) is 1.81. The van der Waals surface area contributed by atoms with Crippen molar-refractivity contribution in [2.45, 2.75) is 12.1 Å². The van der Waals surface area contributed by atoms with Gasteiger partial charge in [-0.15, -0.1) is 12.4 Å². The predicted molar refractivity (Wildman–Crippen MR) is 39.4 cm³/mol. The first-order valence-electron chi connectivity index (χ1n) is 3.14. The van der Waals surface area contributed by atoms with Gasteiger partial charge in [0.1, 0.15) is 0 Å². The van der Waals surface area contributed by atoms with Gasteiger partial charge in [-0.1, -0.05) is 0 Å². The van der Waals surface area contributed by atoms with Gasteiger partial charge in [0.2, 0.25) is 0 Å². The molecule has 2 atom stereocenters. The molecular weight excluding hydrogens is 154 g/mol. The molecular formula is C5H10ClN3O. The smallest absolute Gasteiger partial charge is 0.315 e. The molecule has 2 amide bonds. The summed E-state index contributed by atoms with van der Waals surface area (Å²) in [6.07, 6.45) is 0. The van der Waals surface area contributed by atoms with Gasteiger partial charge in [-0.05, 0) is 0 Å². The summed E-state index contributed by atoms with van der Waals surface area (Å²) < 4.78 is 0. The van der Waals surface area contributed by atoms with Crippen molar-refractivity contribution in [1.29, 1.82) is 0 Å². The standard InChI is InChI=1S/C5H9N3O.ClH/c9-5-7-3-1-6-2-4(3)8-5;/h3-4,6H,1-2H2,(H2,7,8,9);1H/t3-,4+;. The van der Waals surface area contributed by atoms with Crippen molar-refractivity contribution < 1.29 is 4.79 Å². The first-order valence-corrected chi connectivity index (χ1v) is 3.14. The summed E-state index contributed by atoms with van der Waals surface area (Å²) in [5.74, 6) is 0. The van der Waals surface area contributed by atoms with Gasteiger partial charge in [0, 0.05) is 13.1 Å². The number of carbonyl (C=O) groups excluding carboxylic acids is 1. The number of urea groups is 1. The molecule has 0 aromatic rings. The van der Waals surface area contributed by atoms with E-state index in [-0.39, 0.29) is 18.4 Å². The minimum Gasteiger partial charge on any atom is -0.332 e. The molecule has 2 heterocycles. The molecule has 0 radical (unpaired) electrons. The van der Waals surface area contributed by atoms with E-state index >= 15 is 0 Å². The number of hydrogen-bond acceptors (Lipinski definition) is 2. The Morgan fingerprint density at radius 2 is 1.70 bits per heavy atom. The molecule has 4 nitrogen and oxygen atoms in total. The van der Waals surface area contributed by atoms with Crippen molar-refractivity contribution in [3.05, 3.63) is 0 Å². The fourth-order valence-electron chi connectivity index (χ4n) is 1.36. The molecule has 0 unspecified atom stereocenters. The van der Waals surface area contributed by atoms with Crippen LogP contribution in [0, 0.1) is 0 Å². The van der Waals surface area contributed by atoms with Crippen LogP contribution in [0.5, 0.6) is 0 Å². The maximum absolute atomic E-state index is 10.6. The number of hydrogen-bond donors (Lipinski definition) is 3. The average molecular weight is 164 g/mol. The third-order valence-corrected chi connectivity index (χ3v) is 1.85. The van der Waals surface area contributed by atoms with Gasteiger partial charge in [-0.25, -0.2) is 4.79 Å². The third kappa shape index (κ3) is 1.04. The van der Waals surface area contributed by atoms with Crippen molar-refractivity contribution in [3.63, 3.8) is 0 Å². The van der Waals surface area contributed by atoms with E-state index in [0.717, 1.165) is 13.1 Å². The van der Waals surface area contributed by atoms with E-state index in [1.165, 1.54) is 0 Å². The van der Waals surface area contributed by atoms with E-state index in [2.05, 4.69) is 16.0 Å². The highest BCUT2D eigenvalue weighted by atomic mass is 35.5. The summed E-state index contributed by atoms with van der Waals surface area (Å²) in [4.78, 5) is 10.6. The van der Waals surface area contributed by atoms with Gasteiger partial charge in [0.15, 0.2) is 0 Å². The Morgan fingerprint density at radius 3 is 2.20 bits per heavy atom. The number of amides is 2. The zero-order chi connectivity index (χ0) is 6.27. The van der Waals surface area contributed by atoms with E-state index in [4.69, 9.17) is 0 Å². The highest BCUT2D eigenvalue weighted by Gasteiger charge is 2.34. The van der Waals surface area contributed by atoms with Crippen molar-refractivity contribution in [2.75, 3.05) is 13.1 Å². The number of nitrogens with one attached hydrogen (secondary N) is 3. The molecule has 2 aliphatic heterocycles.